The highest BCUT2D eigenvalue weighted by molar-refractivity contribution is 7.14. The van der Waals surface area contributed by atoms with Gasteiger partial charge in [-0.25, -0.2) is 4.98 Å². The fraction of sp³-hybridized carbons (Fsp3) is 0.375. The molecular weight excluding hydrogens is 438 g/mol. The van der Waals surface area contributed by atoms with Crippen molar-refractivity contribution in [3.05, 3.63) is 64.8 Å². The lowest BCUT2D eigenvalue weighted by atomic mass is 9.90. The molecule has 1 aromatic carbocycles. The second-order valence-corrected chi connectivity index (χ2v) is 8.83. The molecule has 2 aromatic heterocycles. The van der Waals surface area contributed by atoms with Gasteiger partial charge in [-0.05, 0) is 49.8 Å². The summed E-state index contributed by atoms with van der Waals surface area (Å²) in [5.41, 5.74) is 2.17. The minimum atomic E-state index is -0.382. The second kappa shape index (κ2) is 11.0. The highest BCUT2D eigenvalue weighted by Gasteiger charge is 2.21. The van der Waals surface area contributed by atoms with Crippen LogP contribution < -0.4 is 10.2 Å². The molecule has 1 aliphatic rings. The Bertz CT molecular complexity index is 1060. The topological polar surface area (TPSA) is 97.3 Å². The first-order chi connectivity index (χ1) is 16.1. The monoisotopic (exact) mass is 465 g/mol. The molecule has 9 heteroatoms. The summed E-state index contributed by atoms with van der Waals surface area (Å²) in [6.07, 6.45) is 3.41. The molecule has 8 nitrogen and oxygen atoms in total. The molecule has 3 heterocycles. The van der Waals surface area contributed by atoms with Gasteiger partial charge in [0.25, 0.3) is 5.91 Å². The van der Waals surface area contributed by atoms with Gasteiger partial charge in [0.2, 0.25) is 0 Å². The van der Waals surface area contributed by atoms with Crippen molar-refractivity contribution in [2.24, 2.45) is 5.92 Å². The molecule has 0 saturated carbocycles. The maximum Gasteiger partial charge on any atom is 0.311 e. The number of aromatic nitrogens is 3. The van der Waals surface area contributed by atoms with Crippen molar-refractivity contribution in [2.45, 2.75) is 32.6 Å². The van der Waals surface area contributed by atoms with Gasteiger partial charge in [-0.2, -0.15) is 0 Å². The number of carbonyl (C=O) groups is 2. The summed E-state index contributed by atoms with van der Waals surface area (Å²) in [4.78, 5) is 30.5. The number of nitrogens with one attached hydrogen (secondary N) is 1. The Balaban J connectivity index is 1.27. The Morgan fingerprint density at radius 3 is 2.61 bits per heavy atom. The Hall–Kier alpha value is -3.33. The molecular formula is C24H27N5O3S. The van der Waals surface area contributed by atoms with E-state index in [9.17, 15) is 9.59 Å². The molecule has 33 heavy (non-hydrogen) atoms. The summed E-state index contributed by atoms with van der Waals surface area (Å²) in [7, 11) is 0. The lowest BCUT2D eigenvalue weighted by Crippen LogP contribution is -2.35. The molecule has 0 unspecified atom stereocenters. The number of amides is 1. The van der Waals surface area contributed by atoms with Crippen molar-refractivity contribution in [2.75, 3.05) is 29.9 Å². The minimum absolute atomic E-state index is 0.0801. The molecule has 1 aliphatic heterocycles. The quantitative estimate of drug-likeness (QED) is 0.506. The lowest BCUT2D eigenvalue weighted by molar-refractivity contribution is -0.142. The highest BCUT2D eigenvalue weighted by atomic mass is 32.1. The van der Waals surface area contributed by atoms with E-state index >= 15 is 0 Å². The van der Waals surface area contributed by atoms with E-state index in [1.165, 1.54) is 16.9 Å². The first-order valence-electron chi connectivity index (χ1n) is 11.1. The van der Waals surface area contributed by atoms with Crippen LogP contribution >= 0.6 is 11.3 Å². The van der Waals surface area contributed by atoms with Gasteiger partial charge in [0.05, 0.1) is 18.7 Å². The van der Waals surface area contributed by atoms with Crippen LogP contribution in [0.4, 0.5) is 10.9 Å². The van der Waals surface area contributed by atoms with Gasteiger partial charge < -0.3 is 9.64 Å². The number of esters is 1. The molecule has 172 valence electrons. The van der Waals surface area contributed by atoms with Gasteiger partial charge in [0, 0.05) is 18.5 Å². The zero-order valence-electron chi connectivity index (χ0n) is 18.6. The number of benzene rings is 1. The number of ether oxygens (including phenoxy) is 1. The molecule has 3 aromatic rings. The predicted octanol–water partition coefficient (Wildman–Crippen LogP) is 3.75. The third-order valence-electron chi connectivity index (χ3n) is 5.59. The molecule has 1 fully saturated rings. The number of hydrogen-bond donors (Lipinski definition) is 1. The van der Waals surface area contributed by atoms with Crippen LogP contribution in [0.3, 0.4) is 0 Å². The predicted molar refractivity (Wildman–Crippen MR) is 128 cm³/mol. The summed E-state index contributed by atoms with van der Waals surface area (Å²) in [6, 6.07) is 14.1. The van der Waals surface area contributed by atoms with Gasteiger partial charge in [-0.3, -0.25) is 14.9 Å². The fourth-order valence-corrected chi connectivity index (χ4v) is 4.60. The number of piperidine rings is 1. The summed E-state index contributed by atoms with van der Waals surface area (Å²) in [5.74, 6) is 0.739. The Labute approximate surface area is 197 Å². The first kappa shape index (κ1) is 22.8. The number of hydrogen-bond acceptors (Lipinski definition) is 8. The smallest absolute Gasteiger partial charge is 0.311 e. The van der Waals surface area contributed by atoms with E-state index in [2.05, 4.69) is 55.7 Å². The fourth-order valence-electron chi connectivity index (χ4n) is 3.90. The van der Waals surface area contributed by atoms with Crippen LogP contribution in [0.1, 0.15) is 41.5 Å². The molecule has 1 saturated heterocycles. The highest BCUT2D eigenvalue weighted by Crippen LogP contribution is 2.24. The first-order valence-corrected chi connectivity index (χ1v) is 12.0. The summed E-state index contributed by atoms with van der Waals surface area (Å²) in [5, 5.41) is 13.2. The average molecular weight is 466 g/mol. The SMILES string of the molecule is CCOC(=O)Cc1csc(NC(=O)c2ccc(N3CCC(Cc4ccccc4)CC3)nn2)n1. The number of thiazole rings is 1. The van der Waals surface area contributed by atoms with Crippen LogP contribution in [0.15, 0.2) is 47.8 Å². The van der Waals surface area contributed by atoms with Crippen LogP contribution in [-0.4, -0.2) is 46.8 Å². The summed E-state index contributed by atoms with van der Waals surface area (Å²) >= 11 is 1.25. The van der Waals surface area contributed by atoms with Gasteiger partial charge in [-0.1, -0.05) is 30.3 Å². The number of nitrogens with zero attached hydrogens (tertiary/aromatic N) is 4. The Kier molecular flexibility index (Phi) is 7.62. The normalized spacial score (nSPS) is 14.2. The van der Waals surface area contributed by atoms with E-state index in [0.717, 1.165) is 38.2 Å². The maximum atomic E-state index is 12.5. The van der Waals surface area contributed by atoms with Crippen LogP contribution in [0, 0.1) is 5.92 Å². The van der Waals surface area contributed by atoms with E-state index in [1.807, 2.05) is 6.07 Å². The molecule has 0 radical (unpaired) electrons. The zero-order valence-corrected chi connectivity index (χ0v) is 19.4. The van der Waals surface area contributed by atoms with E-state index in [4.69, 9.17) is 4.74 Å². The minimum Gasteiger partial charge on any atom is -0.466 e. The maximum absolute atomic E-state index is 12.5. The number of rotatable bonds is 8. The van der Waals surface area contributed by atoms with Gasteiger partial charge in [0.15, 0.2) is 16.6 Å². The van der Waals surface area contributed by atoms with Gasteiger partial charge >= 0.3 is 5.97 Å². The summed E-state index contributed by atoms with van der Waals surface area (Å²) < 4.78 is 4.92. The number of carbonyl (C=O) groups excluding carboxylic acids is 2. The van der Waals surface area contributed by atoms with Crippen LogP contribution in [0.2, 0.25) is 0 Å². The van der Waals surface area contributed by atoms with Crippen molar-refractivity contribution < 1.29 is 14.3 Å². The van der Waals surface area contributed by atoms with E-state index in [0.29, 0.717) is 23.4 Å². The van der Waals surface area contributed by atoms with E-state index < -0.39 is 0 Å². The van der Waals surface area contributed by atoms with Crippen molar-refractivity contribution in [1.29, 1.82) is 0 Å². The molecule has 4 rings (SSSR count). The Morgan fingerprint density at radius 1 is 1.12 bits per heavy atom. The van der Waals surface area contributed by atoms with Crippen molar-refractivity contribution in [1.82, 2.24) is 15.2 Å². The van der Waals surface area contributed by atoms with Crippen molar-refractivity contribution in [3.63, 3.8) is 0 Å². The van der Waals surface area contributed by atoms with Crippen molar-refractivity contribution in [3.8, 4) is 0 Å². The molecule has 0 bridgehead atoms. The lowest BCUT2D eigenvalue weighted by Gasteiger charge is -2.32. The summed E-state index contributed by atoms with van der Waals surface area (Å²) in [6.45, 7) is 3.94. The standard InChI is InChI=1S/C24H27N5O3S/c1-2-32-22(30)15-19-16-33-24(25-19)26-23(31)20-8-9-21(28-27-20)29-12-10-18(11-13-29)14-17-6-4-3-5-7-17/h3-9,16,18H,2,10-15H2,1H3,(H,25,26,31). The second-order valence-electron chi connectivity index (χ2n) is 7.98. The van der Waals surface area contributed by atoms with E-state index in [-0.39, 0.29) is 24.0 Å². The molecule has 0 atom stereocenters. The van der Waals surface area contributed by atoms with Crippen LogP contribution in [0.5, 0.6) is 0 Å². The van der Waals surface area contributed by atoms with Crippen LogP contribution in [0.25, 0.3) is 0 Å². The third kappa shape index (κ3) is 6.35. The molecule has 0 aliphatic carbocycles. The Morgan fingerprint density at radius 2 is 1.91 bits per heavy atom. The van der Waals surface area contributed by atoms with Gasteiger partial charge in [-0.15, -0.1) is 21.5 Å². The zero-order chi connectivity index (χ0) is 23.0. The molecule has 1 N–H and O–H groups in total. The third-order valence-corrected chi connectivity index (χ3v) is 6.40. The van der Waals surface area contributed by atoms with Crippen LogP contribution in [-0.2, 0) is 22.4 Å². The largest absolute Gasteiger partial charge is 0.466 e. The number of anilines is 2. The van der Waals surface area contributed by atoms with Crippen molar-refractivity contribution >= 4 is 34.2 Å². The average Bonchev–Trinajstić information content (AvgIpc) is 3.27. The molecule has 0 spiro atoms. The van der Waals surface area contributed by atoms with Gasteiger partial charge in [0.1, 0.15) is 0 Å². The van der Waals surface area contributed by atoms with E-state index in [1.54, 1.807) is 18.4 Å². The molecule has 1 amide bonds.